The summed E-state index contributed by atoms with van der Waals surface area (Å²) in [5.41, 5.74) is 18.6. The molecule has 0 saturated carbocycles. The molecule has 6 aliphatic rings. The number of carbonyl (C=O) groups is 3. The van der Waals surface area contributed by atoms with E-state index in [0.717, 1.165) is 87.4 Å². The van der Waals surface area contributed by atoms with Crippen LogP contribution >= 0.6 is 59.6 Å². The van der Waals surface area contributed by atoms with Gasteiger partial charge in [-0.3, -0.25) is 4.79 Å². The minimum absolute atomic E-state index is 0. The van der Waals surface area contributed by atoms with Crippen molar-refractivity contribution in [3.8, 4) is 56.3 Å². The van der Waals surface area contributed by atoms with Gasteiger partial charge in [0.2, 0.25) is 0 Å². The smallest absolute Gasteiger partial charge is 0.870 e. The Labute approximate surface area is 847 Å². The van der Waals surface area contributed by atoms with E-state index in [4.69, 9.17) is 75.1 Å². The molecule has 0 bridgehead atoms. The number of esters is 2. The van der Waals surface area contributed by atoms with Crippen LogP contribution in [0.1, 0.15) is 142 Å². The number of nitrogens with zero attached hydrogens (tertiary/aromatic N) is 7. The van der Waals surface area contributed by atoms with Crippen molar-refractivity contribution >= 4 is 77.5 Å². The molecule has 4 atom stereocenters. The number of rotatable bonds is 5. The van der Waals surface area contributed by atoms with E-state index in [0.29, 0.717) is 33.6 Å². The molecule has 538 valence electrons. The Morgan fingerprint density at radius 3 is 1.11 bits per heavy atom. The summed E-state index contributed by atoms with van der Waals surface area (Å²) in [5, 5.41) is 21.9. The fraction of sp³-hybridized carbons (Fsp3) is 0.314. The second-order valence-corrected chi connectivity index (χ2v) is 39.4. The van der Waals surface area contributed by atoms with Crippen molar-refractivity contribution in [3.05, 3.63) is 214 Å². The molecular weight excluding hydrogens is 1770 g/mol. The van der Waals surface area contributed by atoms with Gasteiger partial charge in [-0.2, -0.15) is 95.1 Å². The number of methoxy groups -OCH3 is 2. The van der Waals surface area contributed by atoms with Crippen LogP contribution in [0.25, 0.3) is 56.3 Å². The summed E-state index contributed by atoms with van der Waals surface area (Å²) in [5.74, 6) is -2.03. The van der Waals surface area contributed by atoms with E-state index in [1.54, 1.807) is 24.7 Å². The first kappa shape index (κ1) is 110. The van der Waals surface area contributed by atoms with E-state index in [2.05, 4.69) is 106 Å². The number of aryl methyl sites for hydroxylation is 4. The minimum atomic E-state index is -3.69. The van der Waals surface area contributed by atoms with Crippen LogP contribution in [-0.2, 0) is 44.8 Å². The molecule has 3 aromatic heterocycles. The minimum Gasteiger partial charge on any atom is -0.870 e. The number of aromatic carboxylic acids is 1. The van der Waals surface area contributed by atoms with E-state index in [-0.39, 0.29) is 345 Å². The van der Waals surface area contributed by atoms with Crippen LogP contribution in [-0.4, -0.2) is 102 Å². The Kier molecular flexibility index (Phi) is 50.6. The predicted molar refractivity (Wildman–Crippen MR) is 381 cm³/mol. The van der Waals surface area contributed by atoms with Gasteiger partial charge in [0.05, 0.1) is 14.2 Å². The normalized spacial score (nSPS) is 14.8. The SMILES string of the molecule is C.C.COC(=O)c1cn2c(cc1=O)-c1cc(C)[c-]cc1CC2C.CON=c1cc2n(cc1C(=O)O)C(C)Cc1c[c-]c(C)cc1-2.CON=c1cc2n(cc1C(=O)OC)C(C)Cc1c[c-]c(C)cc1-2.Cc1[c-]cc2c(c1)-c1cc3noc(=O)c-3cn1C(C)C2.ClP(Cl)(Cl)(Cl)Cl.[Na+].[OH-].[OH-].[OH-].[OH-].[OH-].[Rb+].[Rb+].[Rb+].[Rb+]. The van der Waals surface area contributed by atoms with Gasteiger partial charge in [-0.15, -0.1) is 44.5 Å². The molecule has 0 spiro atoms. The summed E-state index contributed by atoms with van der Waals surface area (Å²) >= 11 is 24.9. The van der Waals surface area contributed by atoms with Gasteiger partial charge in [-0.1, -0.05) is 83.7 Å². The molecule has 13 rings (SSSR count). The molecule has 0 amide bonds. The third kappa shape index (κ3) is 27.4. The van der Waals surface area contributed by atoms with E-state index in [1.165, 1.54) is 62.3 Å². The maximum atomic E-state index is 12.2. The van der Waals surface area contributed by atoms with Crippen molar-refractivity contribution in [2.75, 3.05) is 28.4 Å². The van der Waals surface area contributed by atoms with Crippen LogP contribution in [0.5, 0.6) is 0 Å². The van der Waals surface area contributed by atoms with Crippen LogP contribution in [0.15, 0.2) is 122 Å². The van der Waals surface area contributed by atoms with Gasteiger partial charge in [0, 0.05) is 77.8 Å². The fourth-order valence-electron chi connectivity index (χ4n) is 11.8. The van der Waals surface area contributed by atoms with Crippen molar-refractivity contribution in [1.29, 1.82) is 0 Å². The van der Waals surface area contributed by atoms with Crippen molar-refractivity contribution < 1.29 is 333 Å². The molecule has 4 unspecified atom stereocenters. The first-order valence-electron chi connectivity index (χ1n) is 29.0. The van der Waals surface area contributed by atoms with Gasteiger partial charge in [0.15, 0.2) is 5.43 Å². The number of fused-ring (bicyclic) bond motifs is 13. The molecule has 104 heavy (non-hydrogen) atoms. The Bertz CT molecular complexity index is 4650. The summed E-state index contributed by atoms with van der Waals surface area (Å²) in [6.45, 7) is 16.4. The summed E-state index contributed by atoms with van der Waals surface area (Å²) in [6.07, 6.45) is 10.5. The molecule has 6 N–H and O–H groups in total. The topological polar surface area (TPSA) is 363 Å². The van der Waals surface area contributed by atoms with E-state index < -0.39 is 21.3 Å². The number of aromatic nitrogens is 5. The largest absolute Gasteiger partial charge is 1.00 e. The van der Waals surface area contributed by atoms with Crippen LogP contribution in [0, 0.1) is 52.0 Å². The quantitative estimate of drug-likeness (QED) is 0.0793. The first-order chi connectivity index (χ1) is 43.4. The van der Waals surface area contributed by atoms with Crippen LogP contribution in [0.3, 0.4) is 0 Å². The molecule has 4 aromatic carbocycles. The average molecular weight is 1850 g/mol. The number of ether oxygens (including phenoxy) is 2. The maximum Gasteiger partial charge on any atom is 1.00 e. The first-order valence-corrected chi connectivity index (χ1v) is 35.7. The molecule has 0 radical (unpaired) electrons. The fourth-order valence-corrected chi connectivity index (χ4v) is 11.8. The zero-order valence-electron chi connectivity index (χ0n) is 59.6. The third-order valence-corrected chi connectivity index (χ3v) is 16.0. The number of benzene rings is 4. The van der Waals surface area contributed by atoms with Gasteiger partial charge in [-0.05, 0) is 45.9 Å². The molecule has 9 heterocycles. The molecule has 0 fully saturated rings. The second-order valence-electron chi connectivity index (χ2n) is 22.8. The third-order valence-electron chi connectivity index (χ3n) is 16.0. The molecule has 0 saturated heterocycles. The Morgan fingerprint density at radius 2 is 0.779 bits per heavy atom. The van der Waals surface area contributed by atoms with Crippen molar-refractivity contribution in [3.63, 3.8) is 0 Å². The standard InChI is InChI=1S/C18H19N2O3.C17H17N2O3.C17H16NO3.C16H13N2O2.2CH4.Cl5P.Na.5H2O.4Rb/c1-11-5-6-13-8-12(2)20-10-15(18(21)22-3)16(19-23-4)9-17(20)14(13)7-11;1-10-4-5-12-7-11(2)19-9-14(17(20)21)15(18-22-3)8-16(19)13(12)6-10;1-10-4-5-12-7-11(2)18-9-14(17(20)21-3)16(19)8-15(18)13(12)6-10;1-9-3-4-11-6-10(2)18-8-13-14(17-20-16(13)19)7-15(18)12(11)5-9;;;1-6(2,3,4)5;;;;;;;;;;/h6-7,9-10,12H,8H2,1-4H3;5-6,8-9,11H,7H2,1-3H3,(H,20,21);5-6,8-9,11H,7H2,1-3H3;4-5,7-8,10H,6H2,1-2H3;2*1H4;;;5*1H2;;;;/q4*-1;;;;+1;;;;;;4*+1/p-5. The van der Waals surface area contributed by atoms with E-state index in [1.807, 2.05) is 79.4 Å². The van der Waals surface area contributed by atoms with Gasteiger partial charge in [-0.25, -0.2) is 19.2 Å². The number of hydrogen-bond donors (Lipinski definition) is 1. The Balaban J connectivity index is -0.000000602. The number of carboxylic acid groups (broad SMARTS) is 1. The van der Waals surface area contributed by atoms with E-state index >= 15 is 0 Å². The van der Waals surface area contributed by atoms with Crippen LogP contribution in [0.4, 0.5) is 0 Å². The molecule has 23 nitrogen and oxygen atoms in total. The summed E-state index contributed by atoms with van der Waals surface area (Å²) in [4.78, 5) is 68.7. The van der Waals surface area contributed by atoms with Crippen molar-refractivity contribution in [2.45, 2.75) is 120 Å². The zero-order chi connectivity index (χ0) is 66.9. The Morgan fingerprint density at radius 1 is 0.490 bits per heavy atom. The number of carbonyl (C=O) groups excluding carboxylic acids is 2. The van der Waals surface area contributed by atoms with Gasteiger partial charge in [0.1, 0.15) is 52.9 Å². The van der Waals surface area contributed by atoms with Gasteiger partial charge in [0.25, 0.3) is 0 Å². The number of halogens is 5. The summed E-state index contributed by atoms with van der Waals surface area (Å²) < 4.78 is 18.8. The number of pyridine rings is 4. The Hall–Kier alpha value is 0.0608. The van der Waals surface area contributed by atoms with E-state index in [9.17, 15) is 29.1 Å². The summed E-state index contributed by atoms with van der Waals surface area (Å²) in [7, 11) is 5.52. The maximum absolute atomic E-state index is 12.2. The van der Waals surface area contributed by atoms with Crippen molar-refractivity contribution in [2.24, 2.45) is 10.3 Å². The molecule has 34 heteroatoms. The molecule has 0 aliphatic carbocycles. The predicted octanol–water partition coefficient (Wildman–Crippen LogP) is 0.249. The number of carboxylic acids is 1. The molecular formula is C70H78Cl5N7NaO16PRb4-4. The molecule has 6 aliphatic heterocycles. The molecule has 7 aromatic rings. The van der Waals surface area contributed by atoms with Gasteiger partial charge < -0.3 is 74.4 Å². The van der Waals surface area contributed by atoms with Gasteiger partial charge >= 0.3 is 345 Å². The monoisotopic (exact) mass is 1840 g/mol. The van der Waals surface area contributed by atoms with Crippen LogP contribution in [0.2, 0.25) is 0 Å². The van der Waals surface area contributed by atoms with Crippen molar-refractivity contribution in [1.82, 2.24) is 23.4 Å². The number of hydrogen-bond acceptors (Lipinski definition) is 18. The average Bonchev–Trinajstić information content (AvgIpc) is 1.04. The second kappa shape index (κ2) is 47.7. The zero-order valence-corrected chi connectivity index (χ0v) is 85.9. The summed E-state index contributed by atoms with van der Waals surface area (Å²) in [6, 6.07) is 37.4. The van der Waals surface area contributed by atoms with Crippen LogP contribution < -0.4 is 284 Å².